The maximum absolute atomic E-state index is 13.3. The minimum absolute atomic E-state index is 0.0316. The van der Waals surface area contributed by atoms with Gasteiger partial charge in [-0.25, -0.2) is 17.9 Å². The van der Waals surface area contributed by atoms with Crippen LogP contribution in [0.4, 0.5) is 4.79 Å². The van der Waals surface area contributed by atoms with E-state index in [1.165, 1.54) is 11.0 Å². The Balaban J connectivity index is 1.36. The normalized spacial score (nSPS) is 26.5. The van der Waals surface area contributed by atoms with Crippen molar-refractivity contribution in [2.45, 2.75) is 43.8 Å². The fraction of sp³-hybridized carbons (Fsp3) is 0.500. The Morgan fingerprint density at radius 3 is 2.67 bits per heavy atom. The molecule has 2 aliphatic heterocycles. The number of hydrogen-bond acceptors (Lipinski definition) is 8. The van der Waals surface area contributed by atoms with Crippen molar-refractivity contribution in [2.75, 3.05) is 18.1 Å². The first-order chi connectivity index (χ1) is 15.7. The quantitative estimate of drug-likeness (QED) is 0.558. The second-order valence-corrected chi connectivity index (χ2v) is 11.1. The van der Waals surface area contributed by atoms with Gasteiger partial charge in [0.05, 0.1) is 17.2 Å². The summed E-state index contributed by atoms with van der Waals surface area (Å²) in [6.45, 7) is 1.15. The Kier molecular flexibility index (Phi) is 4.96. The third kappa shape index (κ3) is 3.86. The van der Waals surface area contributed by atoms with Gasteiger partial charge in [0, 0.05) is 12.1 Å². The van der Waals surface area contributed by atoms with Gasteiger partial charge in [0.2, 0.25) is 5.91 Å². The van der Waals surface area contributed by atoms with Crippen LogP contribution in [0.3, 0.4) is 0 Å². The van der Waals surface area contributed by atoms with Gasteiger partial charge in [0.15, 0.2) is 9.84 Å². The van der Waals surface area contributed by atoms with E-state index in [1.807, 2.05) is 0 Å². The van der Waals surface area contributed by atoms with Gasteiger partial charge in [0.25, 0.3) is 5.91 Å². The standard InChI is InChI=1S/C20H23N7O5S/c1-20(13-3-2-4-15(9-13)26-12-21-23-24-26)18(29)25(19(30)22-20)10-17(28)27(14-5-6-14)16-7-8-33(31,32)11-16/h2-4,9,12,14,16H,5-8,10-11H2,1H3,(H,22,30)/t16-,20+/m0/s1. The summed E-state index contributed by atoms with van der Waals surface area (Å²) in [5, 5.41) is 13.7. The summed E-state index contributed by atoms with van der Waals surface area (Å²) in [5.41, 5.74) is -0.245. The summed E-state index contributed by atoms with van der Waals surface area (Å²) in [5.74, 6) is -0.983. The number of benzene rings is 1. The highest BCUT2D eigenvalue weighted by Crippen LogP contribution is 2.34. The fourth-order valence-corrected chi connectivity index (χ4v) is 6.26. The zero-order chi connectivity index (χ0) is 23.4. The summed E-state index contributed by atoms with van der Waals surface area (Å²) < 4.78 is 25.3. The highest BCUT2D eigenvalue weighted by Gasteiger charge is 2.51. The van der Waals surface area contributed by atoms with Gasteiger partial charge >= 0.3 is 6.03 Å². The van der Waals surface area contributed by atoms with Crippen molar-refractivity contribution in [1.29, 1.82) is 0 Å². The molecule has 174 valence electrons. The molecule has 3 fully saturated rings. The fourth-order valence-electron chi connectivity index (χ4n) is 4.55. The Bertz CT molecular complexity index is 1230. The van der Waals surface area contributed by atoms with E-state index in [2.05, 4.69) is 20.8 Å². The molecule has 1 aliphatic carbocycles. The average Bonchev–Trinajstić information content (AvgIpc) is 3.23. The lowest BCUT2D eigenvalue weighted by molar-refractivity contribution is -0.140. The maximum Gasteiger partial charge on any atom is 0.325 e. The Labute approximate surface area is 189 Å². The van der Waals surface area contributed by atoms with Crippen LogP contribution in [-0.4, -0.2) is 86.4 Å². The molecule has 3 heterocycles. The number of aromatic nitrogens is 4. The molecule has 12 nitrogen and oxygen atoms in total. The summed E-state index contributed by atoms with van der Waals surface area (Å²) in [6.07, 6.45) is 3.39. The molecule has 2 saturated heterocycles. The highest BCUT2D eigenvalue weighted by molar-refractivity contribution is 7.91. The molecule has 3 aliphatic rings. The lowest BCUT2D eigenvalue weighted by atomic mass is 9.91. The Morgan fingerprint density at radius 2 is 2.03 bits per heavy atom. The Hall–Kier alpha value is -3.35. The number of nitrogens with one attached hydrogen (secondary N) is 1. The predicted molar refractivity (Wildman–Crippen MR) is 114 cm³/mol. The summed E-state index contributed by atoms with van der Waals surface area (Å²) in [7, 11) is -3.18. The molecular weight excluding hydrogens is 450 g/mol. The van der Waals surface area contributed by atoms with Gasteiger partial charge in [-0.2, -0.15) is 0 Å². The number of carbonyl (C=O) groups is 3. The molecular formula is C20H23N7O5S. The van der Waals surface area contributed by atoms with Crippen LogP contribution < -0.4 is 5.32 Å². The third-order valence-electron chi connectivity index (χ3n) is 6.44. The lowest BCUT2D eigenvalue weighted by Gasteiger charge is -2.30. The number of nitrogens with zero attached hydrogens (tertiary/aromatic N) is 6. The van der Waals surface area contributed by atoms with Crippen molar-refractivity contribution in [3.63, 3.8) is 0 Å². The monoisotopic (exact) mass is 473 g/mol. The van der Waals surface area contributed by atoms with Gasteiger partial charge in [-0.3, -0.25) is 14.5 Å². The minimum Gasteiger partial charge on any atom is -0.334 e. The van der Waals surface area contributed by atoms with Crippen molar-refractivity contribution in [3.05, 3.63) is 36.2 Å². The van der Waals surface area contributed by atoms with E-state index < -0.39 is 45.8 Å². The first-order valence-corrected chi connectivity index (χ1v) is 12.5. The van der Waals surface area contributed by atoms with Crippen molar-refractivity contribution < 1.29 is 22.8 Å². The van der Waals surface area contributed by atoms with E-state index in [-0.39, 0.29) is 17.5 Å². The number of amides is 4. The van der Waals surface area contributed by atoms with Crippen molar-refractivity contribution >= 4 is 27.7 Å². The summed E-state index contributed by atoms with van der Waals surface area (Å²) in [4.78, 5) is 41.7. The second kappa shape index (κ2) is 7.61. The van der Waals surface area contributed by atoms with Crippen molar-refractivity contribution in [3.8, 4) is 5.69 Å². The van der Waals surface area contributed by atoms with Crippen molar-refractivity contribution in [1.82, 2.24) is 35.3 Å². The number of imide groups is 1. The Morgan fingerprint density at radius 1 is 1.24 bits per heavy atom. The predicted octanol–water partition coefficient (Wildman–Crippen LogP) is -0.393. The number of carbonyl (C=O) groups excluding carboxylic acids is 3. The van der Waals surface area contributed by atoms with Crippen LogP contribution in [0.1, 0.15) is 31.7 Å². The average molecular weight is 474 g/mol. The molecule has 13 heteroatoms. The zero-order valence-corrected chi connectivity index (χ0v) is 18.7. The number of sulfone groups is 1. The van der Waals surface area contributed by atoms with E-state index in [9.17, 15) is 22.8 Å². The van der Waals surface area contributed by atoms with Crippen LogP contribution in [0, 0.1) is 0 Å². The molecule has 0 unspecified atom stereocenters. The molecule has 33 heavy (non-hydrogen) atoms. The number of hydrogen-bond donors (Lipinski definition) is 1. The SMILES string of the molecule is C[C@]1(c2cccc(-n3cnnn3)c2)NC(=O)N(CC(=O)N(C2CC2)[C@H]2CCS(=O)(=O)C2)C1=O. The van der Waals surface area contributed by atoms with Crippen LogP contribution >= 0.6 is 0 Å². The van der Waals surface area contributed by atoms with Gasteiger partial charge in [-0.15, -0.1) is 5.10 Å². The number of tetrazole rings is 1. The lowest BCUT2D eigenvalue weighted by Crippen LogP contribution is -2.49. The molecule has 0 bridgehead atoms. The van der Waals surface area contributed by atoms with Crippen molar-refractivity contribution in [2.24, 2.45) is 0 Å². The van der Waals surface area contributed by atoms with E-state index in [0.29, 0.717) is 17.7 Å². The van der Waals surface area contributed by atoms with E-state index in [1.54, 1.807) is 36.1 Å². The topological polar surface area (TPSA) is 147 Å². The molecule has 1 saturated carbocycles. The molecule has 0 radical (unpaired) electrons. The van der Waals surface area contributed by atoms with Crippen LogP contribution in [0.5, 0.6) is 0 Å². The second-order valence-electron chi connectivity index (χ2n) is 8.84. The van der Waals surface area contributed by atoms with Crippen LogP contribution in [0.25, 0.3) is 5.69 Å². The minimum atomic E-state index is -3.18. The van der Waals surface area contributed by atoms with Gasteiger partial charge in [-0.1, -0.05) is 12.1 Å². The molecule has 5 rings (SSSR count). The maximum atomic E-state index is 13.3. The smallest absolute Gasteiger partial charge is 0.325 e. The molecule has 1 N–H and O–H groups in total. The van der Waals surface area contributed by atoms with Gasteiger partial charge in [0.1, 0.15) is 18.4 Å². The summed E-state index contributed by atoms with van der Waals surface area (Å²) >= 11 is 0. The van der Waals surface area contributed by atoms with Crippen LogP contribution in [0.15, 0.2) is 30.6 Å². The van der Waals surface area contributed by atoms with E-state index in [4.69, 9.17) is 0 Å². The zero-order valence-electron chi connectivity index (χ0n) is 17.9. The van der Waals surface area contributed by atoms with E-state index >= 15 is 0 Å². The molecule has 4 amide bonds. The summed E-state index contributed by atoms with van der Waals surface area (Å²) in [6, 6.07) is 5.77. The molecule has 2 aromatic rings. The first-order valence-electron chi connectivity index (χ1n) is 10.7. The largest absolute Gasteiger partial charge is 0.334 e. The van der Waals surface area contributed by atoms with Gasteiger partial charge in [-0.05, 0) is 54.3 Å². The number of urea groups is 1. The molecule has 2 atom stereocenters. The van der Waals surface area contributed by atoms with Gasteiger partial charge < -0.3 is 10.2 Å². The highest BCUT2D eigenvalue weighted by atomic mass is 32.2. The first kappa shape index (κ1) is 21.5. The molecule has 0 spiro atoms. The van der Waals surface area contributed by atoms with Crippen LogP contribution in [-0.2, 0) is 25.0 Å². The van der Waals surface area contributed by atoms with Crippen LogP contribution in [0.2, 0.25) is 0 Å². The van der Waals surface area contributed by atoms with E-state index in [0.717, 1.165) is 17.7 Å². The molecule has 1 aromatic heterocycles. The number of rotatable bonds is 6. The third-order valence-corrected chi connectivity index (χ3v) is 8.19. The molecule has 1 aromatic carbocycles.